The molecule has 3 heterocycles. The fourth-order valence-electron chi connectivity index (χ4n) is 4.46. The van der Waals surface area contributed by atoms with Crippen LogP contribution in [-0.4, -0.2) is 25.2 Å². The molecule has 5 rings (SSSR count). The quantitative estimate of drug-likeness (QED) is 0.564. The van der Waals surface area contributed by atoms with Gasteiger partial charge in [0, 0.05) is 22.4 Å². The van der Waals surface area contributed by atoms with Crippen LogP contribution in [0.2, 0.25) is 0 Å². The number of rotatable bonds is 4. The summed E-state index contributed by atoms with van der Waals surface area (Å²) in [6.45, 7) is 6.50. The van der Waals surface area contributed by atoms with Gasteiger partial charge >= 0.3 is 6.18 Å². The molecule has 1 saturated carbocycles. The summed E-state index contributed by atoms with van der Waals surface area (Å²) >= 11 is 0. The highest BCUT2D eigenvalue weighted by atomic mass is 19.4. The highest BCUT2D eigenvalue weighted by Gasteiger charge is 2.48. The Kier molecular flexibility index (Phi) is 4.63. The van der Waals surface area contributed by atoms with Gasteiger partial charge in [0.05, 0.1) is 36.6 Å². The molecule has 3 aromatic rings. The number of aromatic nitrogens is 3. The first-order valence-corrected chi connectivity index (χ1v) is 10.9. The smallest absolute Gasteiger partial charge is 0.399 e. The van der Waals surface area contributed by atoms with Crippen molar-refractivity contribution in [3.05, 3.63) is 52.5 Å². The summed E-state index contributed by atoms with van der Waals surface area (Å²) in [6.07, 6.45) is -1.00. The largest absolute Gasteiger partial charge is 0.416 e. The number of halogens is 3. The van der Waals surface area contributed by atoms with Gasteiger partial charge in [-0.05, 0) is 50.5 Å². The lowest BCUT2D eigenvalue weighted by Gasteiger charge is -2.20. The van der Waals surface area contributed by atoms with E-state index in [9.17, 15) is 18.0 Å². The van der Waals surface area contributed by atoms with Crippen molar-refractivity contribution in [1.29, 1.82) is 0 Å². The maximum absolute atomic E-state index is 13.3. The Bertz CT molecular complexity index is 1280. The van der Waals surface area contributed by atoms with Crippen LogP contribution in [0.25, 0.3) is 5.78 Å². The van der Waals surface area contributed by atoms with Crippen LogP contribution >= 0.6 is 0 Å². The Labute approximate surface area is 188 Å². The SMILES string of the molecule is Cc1cnc2nc(N[C@H](C)c3cc(N)cc(C(F)(F)F)c3)c3c(n12)CN(C(=O)C1(C)CC1)C3. The number of carbonyl (C=O) groups is 1. The third-order valence-corrected chi connectivity index (χ3v) is 6.69. The van der Waals surface area contributed by atoms with E-state index < -0.39 is 17.8 Å². The molecule has 1 aliphatic carbocycles. The van der Waals surface area contributed by atoms with Crippen molar-refractivity contribution in [3.8, 4) is 0 Å². The van der Waals surface area contributed by atoms with E-state index >= 15 is 0 Å². The van der Waals surface area contributed by atoms with E-state index in [-0.39, 0.29) is 17.0 Å². The molecular weight excluding hydrogens is 433 g/mol. The Morgan fingerprint density at radius 2 is 1.97 bits per heavy atom. The van der Waals surface area contributed by atoms with Crippen LogP contribution in [0.5, 0.6) is 0 Å². The number of nitrogens with two attached hydrogens (primary N) is 1. The minimum Gasteiger partial charge on any atom is -0.399 e. The zero-order chi connectivity index (χ0) is 23.7. The second kappa shape index (κ2) is 7.10. The second-order valence-corrected chi connectivity index (χ2v) is 9.39. The van der Waals surface area contributed by atoms with E-state index in [0.717, 1.165) is 41.9 Å². The molecule has 1 amide bonds. The predicted molar refractivity (Wildman–Crippen MR) is 117 cm³/mol. The van der Waals surface area contributed by atoms with E-state index in [1.54, 1.807) is 13.1 Å². The molecule has 0 radical (unpaired) electrons. The number of fused-ring (bicyclic) bond motifs is 3. The van der Waals surface area contributed by atoms with Crippen LogP contribution in [0.4, 0.5) is 24.7 Å². The highest BCUT2D eigenvalue weighted by Crippen LogP contribution is 2.48. The molecule has 1 atom stereocenters. The lowest BCUT2D eigenvalue weighted by atomic mass is 10.0. The van der Waals surface area contributed by atoms with Crippen LogP contribution in [0, 0.1) is 12.3 Å². The second-order valence-electron chi connectivity index (χ2n) is 9.39. The van der Waals surface area contributed by atoms with Gasteiger partial charge in [-0.15, -0.1) is 0 Å². The van der Waals surface area contributed by atoms with Crippen molar-refractivity contribution < 1.29 is 18.0 Å². The van der Waals surface area contributed by atoms with Gasteiger partial charge < -0.3 is 16.0 Å². The molecule has 7 nitrogen and oxygen atoms in total. The predicted octanol–water partition coefficient (Wildman–Crippen LogP) is 4.45. The number of anilines is 2. The van der Waals surface area contributed by atoms with Gasteiger partial charge in [0.2, 0.25) is 11.7 Å². The van der Waals surface area contributed by atoms with Gasteiger partial charge in [0.15, 0.2) is 0 Å². The fourth-order valence-corrected chi connectivity index (χ4v) is 4.46. The molecule has 2 aliphatic rings. The van der Waals surface area contributed by atoms with Gasteiger partial charge in [-0.2, -0.15) is 18.2 Å². The molecule has 33 heavy (non-hydrogen) atoms. The van der Waals surface area contributed by atoms with Crippen molar-refractivity contribution >= 4 is 23.2 Å². The summed E-state index contributed by atoms with van der Waals surface area (Å²) in [7, 11) is 0. The Hall–Kier alpha value is -3.30. The molecule has 0 bridgehead atoms. The molecule has 0 unspecified atom stereocenters. The number of nitrogens with one attached hydrogen (secondary N) is 1. The Morgan fingerprint density at radius 1 is 1.24 bits per heavy atom. The van der Waals surface area contributed by atoms with E-state index in [4.69, 9.17) is 5.73 Å². The van der Waals surface area contributed by atoms with Crippen molar-refractivity contribution in [1.82, 2.24) is 19.3 Å². The van der Waals surface area contributed by atoms with E-state index in [1.807, 2.05) is 23.1 Å². The third-order valence-electron chi connectivity index (χ3n) is 6.69. The number of imidazole rings is 1. The minimum atomic E-state index is -4.49. The number of nitrogen functional groups attached to an aromatic ring is 1. The van der Waals surface area contributed by atoms with E-state index in [2.05, 4.69) is 15.3 Å². The average molecular weight is 458 g/mol. The van der Waals surface area contributed by atoms with Gasteiger partial charge in [-0.25, -0.2) is 4.98 Å². The fraction of sp³-hybridized carbons (Fsp3) is 0.435. The first-order valence-electron chi connectivity index (χ1n) is 10.9. The summed E-state index contributed by atoms with van der Waals surface area (Å²) < 4.78 is 41.8. The number of benzene rings is 1. The van der Waals surface area contributed by atoms with Gasteiger partial charge in [-0.1, -0.05) is 6.92 Å². The summed E-state index contributed by atoms with van der Waals surface area (Å²) in [4.78, 5) is 23.9. The van der Waals surface area contributed by atoms with Gasteiger partial charge in [0.25, 0.3) is 0 Å². The average Bonchev–Trinajstić information content (AvgIpc) is 3.17. The lowest BCUT2D eigenvalue weighted by Crippen LogP contribution is -2.31. The van der Waals surface area contributed by atoms with Crippen molar-refractivity contribution in [3.63, 3.8) is 0 Å². The zero-order valence-electron chi connectivity index (χ0n) is 18.6. The van der Waals surface area contributed by atoms with Crippen molar-refractivity contribution in [2.45, 2.75) is 58.9 Å². The van der Waals surface area contributed by atoms with Crippen LogP contribution in [-0.2, 0) is 24.1 Å². The molecule has 0 spiro atoms. The van der Waals surface area contributed by atoms with Gasteiger partial charge in [-0.3, -0.25) is 9.20 Å². The minimum absolute atomic E-state index is 0.0421. The van der Waals surface area contributed by atoms with Crippen molar-refractivity contribution in [2.24, 2.45) is 5.41 Å². The summed E-state index contributed by atoms with van der Waals surface area (Å²) in [5.74, 6) is 1.12. The Morgan fingerprint density at radius 3 is 2.64 bits per heavy atom. The molecule has 10 heteroatoms. The molecule has 1 fully saturated rings. The van der Waals surface area contributed by atoms with Crippen LogP contribution in [0.1, 0.15) is 60.8 Å². The lowest BCUT2D eigenvalue weighted by molar-refractivity contribution is -0.138. The topological polar surface area (TPSA) is 88.5 Å². The van der Waals surface area contributed by atoms with E-state index in [0.29, 0.717) is 30.2 Å². The summed E-state index contributed by atoms with van der Waals surface area (Å²) in [5, 5.41) is 3.25. The molecule has 1 aliphatic heterocycles. The standard InChI is InChI=1S/C23H25F3N6O/c1-12-9-28-21-30-19(29-13(2)14-6-15(23(24,25)26)8-16(27)7-14)17-10-31(11-18(17)32(12)21)20(33)22(3)4-5-22/h6-9,13H,4-5,10-11,27H2,1-3H3,(H,28,29,30)/t13-/m1/s1. The van der Waals surface area contributed by atoms with Crippen LogP contribution < -0.4 is 11.1 Å². The zero-order valence-corrected chi connectivity index (χ0v) is 18.6. The monoisotopic (exact) mass is 458 g/mol. The molecule has 0 saturated heterocycles. The maximum atomic E-state index is 13.3. The van der Waals surface area contributed by atoms with Gasteiger partial charge in [0.1, 0.15) is 5.82 Å². The number of carbonyl (C=O) groups excluding carboxylic acids is 1. The molecule has 174 valence electrons. The molecule has 3 N–H and O–H groups in total. The van der Waals surface area contributed by atoms with Crippen molar-refractivity contribution in [2.75, 3.05) is 11.1 Å². The number of hydrogen-bond donors (Lipinski definition) is 2. The van der Waals surface area contributed by atoms with Crippen LogP contribution in [0.15, 0.2) is 24.4 Å². The molecule has 2 aromatic heterocycles. The molecular formula is C23H25F3N6O. The summed E-state index contributed by atoms with van der Waals surface area (Å²) in [5.41, 5.74) is 7.79. The first-order chi connectivity index (χ1) is 15.5. The third kappa shape index (κ3) is 3.67. The number of nitrogens with zero attached hydrogens (tertiary/aromatic N) is 4. The molecule has 1 aromatic carbocycles. The number of amides is 1. The maximum Gasteiger partial charge on any atom is 0.416 e. The first kappa shape index (κ1) is 21.5. The van der Waals surface area contributed by atoms with Crippen LogP contribution in [0.3, 0.4) is 0 Å². The normalized spacial score (nSPS) is 17.8. The summed E-state index contributed by atoms with van der Waals surface area (Å²) in [6, 6.07) is 3.04. The number of alkyl halides is 3. The Balaban J connectivity index is 1.51. The number of hydrogen-bond acceptors (Lipinski definition) is 5. The van der Waals surface area contributed by atoms with E-state index in [1.165, 1.54) is 6.07 Å². The number of aryl methyl sites for hydroxylation is 1. The highest BCUT2D eigenvalue weighted by molar-refractivity contribution is 5.85.